The van der Waals surface area contributed by atoms with Gasteiger partial charge in [-0.05, 0) is 36.8 Å². The molecule has 1 atom stereocenters. The fourth-order valence-corrected chi connectivity index (χ4v) is 2.34. The molecule has 2 rings (SSSR count). The summed E-state index contributed by atoms with van der Waals surface area (Å²) in [6.45, 7) is 1.40. The first-order valence-electron chi connectivity index (χ1n) is 7.65. The van der Waals surface area contributed by atoms with E-state index in [0.717, 1.165) is 6.08 Å². The van der Waals surface area contributed by atoms with Crippen molar-refractivity contribution in [3.8, 4) is 0 Å². The Balaban J connectivity index is 1.96. The first kappa shape index (κ1) is 20.4. The van der Waals surface area contributed by atoms with Crippen LogP contribution in [0.2, 0.25) is 10.0 Å². The number of rotatable bonds is 6. The minimum atomic E-state index is -1.10. The Kier molecular flexibility index (Phi) is 6.92. The standard InChI is InChI=1S/C18H14Cl2N2O5/c1-11(18(24)21-16-10-13(19)6-7-15(16)20)27-17(23)8-5-12-3-2-4-14(9-12)22(25)26/h2-11H,1H3,(H,21,24)/b8-5+/t11-/m1/s1. The van der Waals surface area contributed by atoms with Crippen LogP contribution in [0.3, 0.4) is 0 Å². The zero-order chi connectivity index (χ0) is 20.0. The lowest BCUT2D eigenvalue weighted by Crippen LogP contribution is -2.29. The molecule has 0 bridgehead atoms. The van der Waals surface area contributed by atoms with Crippen molar-refractivity contribution >= 4 is 52.5 Å². The fourth-order valence-electron chi connectivity index (χ4n) is 2.00. The summed E-state index contributed by atoms with van der Waals surface area (Å²) in [6, 6.07) is 10.3. The first-order chi connectivity index (χ1) is 12.8. The van der Waals surface area contributed by atoms with Crippen molar-refractivity contribution in [1.82, 2.24) is 0 Å². The van der Waals surface area contributed by atoms with Gasteiger partial charge in [-0.15, -0.1) is 0 Å². The molecule has 1 amide bonds. The molecule has 27 heavy (non-hydrogen) atoms. The van der Waals surface area contributed by atoms with Gasteiger partial charge in [0, 0.05) is 23.2 Å². The summed E-state index contributed by atoms with van der Waals surface area (Å²) in [4.78, 5) is 34.2. The minimum absolute atomic E-state index is 0.100. The number of nitrogens with one attached hydrogen (secondary N) is 1. The van der Waals surface area contributed by atoms with Gasteiger partial charge in [0.15, 0.2) is 6.10 Å². The molecule has 0 saturated carbocycles. The number of amides is 1. The molecule has 0 aliphatic heterocycles. The van der Waals surface area contributed by atoms with Crippen LogP contribution < -0.4 is 5.32 Å². The molecule has 0 aliphatic carbocycles. The first-order valence-corrected chi connectivity index (χ1v) is 8.41. The molecule has 0 heterocycles. The maximum Gasteiger partial charge on any atom is 0.331 e. The average Bonchev–Trinajstić information content (AvgIpc) is 2.63. The molecule has 0 unspecified atom stereocenters. The van der Waals surface area contributed by atoms with Crippen LogP contribution in [-0.4, -0.2) is 22.9 Å². The molecule has 1 N–H and O–H groups in total. The number of carbonyl (C=O) groups is 2. The topological polar surface area (TPSA) is 98.5 Å². The third-order valence-electron chi connectivity index (χ3n) is 3.34. The van der Waals surface area contributed by atoms with Crippen LogP contribution in [0.4, 0.5) is 11.4 Å². The highest BCUT2D eigenvalue weighted by atomic mass is 35.5. The highest BCUT2D eigenvalue weighted by Gasteiger charge is 2.18. The SMILES string of the molecule is C[C@@H](OC(=O)/C=C/c1cccc([N+](=O)[O-])c1)C(=O)Nc1cc(Cl)ccc1Cl. The Hall–Kier alpha value is -2.90. The van der Waals surface area contributed by atoms with Gasteiger partial charge in [-0.3, -0.25) is 14.9 Å². The number of nitro groups is 1. The maximum absolute atomic E-state index is 12.1. The molecule has 2 aromatic rings. The Morgan fingerprint density at radius 1 is 1.22 bits per heavy atom. The van der Waals surface area contributed by atoms with Gasteiger partial charge in [0.25, 0.3) is 11.6 Å². The van der Waals surface area contributed by atoms with Crippen molar-refractivity contribution in [2.45, 2.75) is 13.0 Å². The lowest BCUT2D eigenvalue weighted by Gasteiger charge is -2.13. The van der Waals surface area contributed by atoms with Gasteiger partial charge in [-0.2, -0.15) is 0 Å². The molecule has 0 saturated heterocycles. The van der Waals surface area contributed by atoms with Crippen LogP contribution in [0.5, 0.6) is 0 Å². The molecule has 0 aliphatic rings. The second kappa shape index (κ2) is 9.16. The van der Waals surface area contributed by atoms with E-state index < -0.39 is 22.9 Å². The molecule has 0 fully saturated rings. The van der Waals surface area contributed by atoms with E-state index >= 15 is 0 Å². The molecule has 0 spiro atoms. The van der Waals surface area contributed by atoms with Crippen LogP contribution in [0, 0.1) is 10.1 Å². The number of anilines is 1. The van der Waals surface area contributed by atoms with Crippen LogP contribution in [0.1, 0.15) is 12.5 Å². The summed E-state index contributed by atoms with van der Waals surface area (Å²) in [5.41, 5.74) is 0.643. The van der Waals surface area contributed by atoms with E-state index in [0.29, 0.717) is 16.3 Å². The van der Waals surface area contributed by atoms with Gasteiger partial charge in [-0.25, -0.2) is 4.79 Å². The summed E-state index contributed by atoms with van der Waals surface area (Å²) in [7, 11) is 0. The van der Waals surface area contributed by atoms with Crippen LogP contribution in [0.15, 0.2) is 48.5 Å². The summed E-state index contributed by atoms with van der Waals surface area (Å²) in [5.74, 6) is -1.36. The van der Waals surface area contributed by atoms with Gasteiger partial charge in [0.05, 0.1) is 15.6 Å². The maximum atomic E-state index is 12.1. The van der Waals surface area contributed by atoms with Crippen LogP contribution in [-0.2, 0) is 14.3 Å². The summed E-state index contributed by atoms with van der Waals surface area (Å²) >= 11 is 11.8. The molecule has 0 aromatic heterocycles. The molecule has 7 nitrogen and oxygen atoms in total. The van der Waals surface area contributed by atoms with Crippen molar-refractivity contribution in [3.63, 3.8) is 0 Å². The fraction of sp³-hybridized carbons (Fsp3) is 0.111. The van der Waals surface area contributed by atoms with E-state index in [9.17, 15) is 19.7 Å². The van der Waals surface area contributed by atoms with Gasteiger partial charge >= 0.3 is 5.97 Å². The smallest absolute Gasteiger partial charge is 0.331 e. The second-order valence-electron chi connectivity index (χ2n) is 5.38. The van der Waals surface area contributed by atoms with E-state index in [4.69, 9.17) is 27.9 Å². The summed E-state index contributed by atoms with van der Waals surface area (Å²) in [6.07, 6.45) is 1.34. The quantitative estimate of drug-likeness (QED) is 0.328. The number of esters is 1. The predicted octanol–water partition coefficient (Wildman–Crippen LogP) is 4.49. The van der Waals surface area contributed by atoms with Crippen LogP contribution in [0.25, 0.3) is 6.08 Å². The second-order valence-corrected chi connectivity index (χ2v) is 6.22. The molecular weight excluding hydrogens is 395 g/mol. The van der Waals surface area contributed by atoms with Crippen molar-refractivity contribution in [2.75, 3.05) is 5.32 Å². The van der Waals surface area contributed by atoms with Gasteiger partial charge in [-0.1, -0.05) is 35.3 Å². The zero-order valence-electron chi connectivity index (χ0n) is 14.0. The molecule has 9 heteroatoms. The monoisotopic (exact) mass is 408 g/mol. The van der Waals surface area contributed by atoms with Crippen molar-refractivity contribution < 1.29 is 19.2 Å². The highest BCUT2D eigenvalue weighted by molar-refractivity contribution is 6.35. The van der Waals surface area contributed by atoms with Crippen LogP contribution >= 0.6 is 23.2 Å². The summed E-state index contributed by atoms with van der Waals surface area (Å²) in [5, 5.41) is 13.9. The normalized spacial score (nSPS) is 11.8. The Labute approximate surface area is 164 Å². The number of hydrogen-bond acceptors (Lipinski definition) is 5. The predicted molar refractivity (Wildman–Crippen MR) is 103 cm³/mol. The number of carbonyl (C=O) groups excluding carboxylic acids is 2. The van der Waals surface area contributed by atoms with Crippen molar-refractivity contribution in [3.05, 3.63) is 74.3 Å². The van der Waals surface area contributed by atoms with E-state index in [2.05, 4.69) is 5.32 Å². The molecule has 0 radical (unpaired) electrons. The molecule has 140 valence electrons. The number of benzene rings is 2. The lowest BCUT2D eigenvalue weighted by atomic mass is 10.2. The number of ether oxygens (including phenoxy) is 1. The van der Waals surface area contributed by atoms with Gasteiger partial charge in [0.2, 0.25) is 0 Å². The van der Waals surface area contributed by atoms with Crippen molar-refractivity contribution in [1.29, 1.82) is 0 Å². The Bertz CT molecular complexity index is 914. The molecule has 2 aromatic carbocycles. The van der Waals surface area contributed by atoms with Gasteiger partial charge < -0.3 is 10.1 Å². The largest absolute Gasteiger partial charge is 0.449 e. The third kappa shape index (κ3) is 6.09. The van der Waals surface area contributed by atoms with E-state index in [-0.39, 0.29) is 10.7 Å². The zero-order valence-corrected chi connectivity index (χ0v) is 15.5. The molecular formula is C18H14Cl2N2O5. The number of halogens is 2. The van der Waals surface area contributed by atoms with E-state index in [1.165, 1.54) is 43.3 Å². The van der Waals surface area contributed by atoms with E-state index in [1.54, 1.807) is 12.1 Å². The number of nitrogens with zero attached hydrogens (tertiary/aromatic N) is 1. The van der Waals surface area contributed by atoms with Gasteiger partial charge in [0.1, 0.15) is 0 Å². The highest BCUT2D eigenvalue weighted by Crippen LogP contribution is 2.25. The summed E-state index contributed by atoms with van der Waals surface area (Å²) < 4.78 is 5.01. The average molecular weight is 409 g/mol. The van der Waals surface area contributed by atoms with Crippen molar-refractivity contribution in [2.24, 2.45) is 0 Å². The van der Waals surface area contributed by atoms with E-state index in [1.807, 2.05) is 0 Å². The lowest BCUT2D eigenvalue weighted by molar-refractivity contribution is -0.384. The third-order valence-corrected chi connectivity index (χ3v) is 3.91. The Morgan fingerprint density at radius 2 is 1.96 bits per heavy atom. The minimum Gasteiger partial charge on any atom is -0.449 e. The number of hydrogen-bond donors (Lipinski definition) is 1. The number of nitro benzene ring substituents is 1. The number of non-ortho nitro benzene ring substituents is 1. The Morgan fingerprint density at radius 3 is 2.67 bits per heavy atom.